The fraction of sp³-hybridized carbons (Fsp3) is 1.00. The average Bonchev–Trinajstić information content (AvgIpc) is 1.05. The topological polar surface area (TPSA) is 0 Å². The average molecular weight is 1240 g/mol. The van der Waals surface area contributed by atoms with Crippen LogP contribution in [0.4, 0.5) is 0 Å². The Labute approximate surface area is 558 Å². The zero-order valence-corrected chi connectivity index (χ0v) is 64.8. The summed E-state index contributed by atoms with van der Waals surface area (Å²) in [5, 5.41) is 0.167. The SMILES string of the molecule is BC1(C)C(C)C(CC)C(S)(CC2(C)CCCCCCCCCCCCCCCCCCC2)C(CCC)C(CCC)CC(CCC)C(CCC)C(C)C(CCC)C(C)C(CCC)C(CCC)C(CC)C(CCC)C(CC)C(CC(C)CCS)C1CCC. The summed E-state index contributed by atoms with van der Waals surface area (Å²) < 4.78 is -0.0385. The molecule has 0 heterocycles. The van der Waals surface area contributed by atoms with Gasteiger partial charge in [0.05, 0.1) is 0 Å². The highest BCUT2D eigenvalue weighted by molar-refractivity contribution is 7.81. The highest BCUT2D eigenvalue weighted by Gasteiger charge is 2.55. The molecule has 0 N–H and O–H groups in total. The van der Waals surface area contributed by atoms with Gasteiger partial charge in [-0.15, -0.1) is 0 Å². The van der Waals surface area contributed by atoms with E-state index in [4.69, 9.17) is 25.3 Å². The second-order valence-corrected chi connectivity index (χ2v) is 34.2. The molecule has 19 unspecified atom stereocenters. The zero-order valence-electron chi connectivity index (χ0n) is 63.0. The van der Waals surface area contributed by atoms with Crippen molar-refractivity contribution in [2.24, 2.45) is 106 Å². The van der Waals surface area contributed by atoms with Crippen LogP contribution in [0, 0.1) is 106 Å². The van der Waals surface area contributed by atoms with Crippen molar-refractivity contribution in [3.63, 3.8) is 0 Å². The summed E-state index contributed by atoms with van der Waals surface area (Å²) in [6, 6.07) is 0. The predicted molar refractivity (Wildman–Crippen MR) is 404 cm³/mol. The standard InChI is InChI=1S/C83H165BS2/c1-19-48-68-62-69(49-20-2)79(55-26-8)83(86,63-81(17)58-46-44-42-40-38-36-34-32-31-33-35-37-39-41-43-45-47-59-81)78(30-12)67(16)82(18,84)80(56-27-9)77(61-64(13)57-60-85)71(29-11)75(53-24-6)70(28-10)76(54-25-7)74(52-23-5)66(15)72(50-21-3)65(14)73(68)51-22-4/h64-80,85-86H,19-63,84H2,1-18H3. The van der Waals surface area contributed by atoms with E-state index in [1.54, 1.807) is 0 Å². The van der Waals surface area contributed by atoms with Crippen LogP contribution in [0.25, 0.3) is 0 Å². The molecule has 0 aromatic rings. The van der Waals surface area contributed by atoms with Crippen LogP contribution < -0.4 is 0 Å². The van der Waals surface area contributed by atoms with Crippen molar-refractivity contribution in [3.8, 4) is 0 Å². The van der Waals surface area contributed by atoms with E-state index in [9.17, 15) is 0 Å². The Morgan fingerprint density at radius 2 is 0.756 bits per heavy atom. The molecule has 0 nitrogen and oxygen atoms in total. The van der Waals surface area contributed by atoms with Crippen LogP contribution in [0.15, 0.2) is 0 Å². The molecule has 86 heavy (non-hydrogen) atoms. The smallest absolute Gasteiger partial charge is 0.109 e. The molecule has 0 saturated heterocycles. The van der Waals surface area contributed by atoms with Gasteiger partial charge in [0.1, 0.15) is 7.85 Å². The molecule has 0 bridgehead atoms. The molecule has 2 aliphatic rings. The van der Waals surface area contributed by atoms with E-state index in [0.717, 1.165) is 76.8 Å². The number of hydrogen-bond donors (Lipinski definition) is 2. The summed E-state index contributed by atoms with van der Waals surface area (Å²) in [6.45, 7) is 48.3. The minimum Gasteiger partial charge on any atom is -0.179 e. The Kier molecular flexibility index (Phi) is 45.1. The van der Waals surface area contributed by atoms with Crippen LogP contribution in [0.2, 0.25) is 5.31 Å². The third kappa shape index (κ3) is 26.2. The number of rotatable bonds is 27. The normalized spacial score (nSPS) is 36.1. The van der Waals surface area contributed by atoms with Crippen molar-refractivity contribution >= 4 is 33.1 Å². The molecule has 2 rings (SSSR count). The maximum atomic E-state index is 6.91. The molecular weight excluding hydrogens is 1070 g/mol. The highest BCUT2D eigenvalue weighted by atomic mass is 32.1. The first-order valence-corrected chi connectivity index (χ1v) is 41.8. The fourth-order valence-corrected chi connectivity index (χ4v) is 23.5. The van der Waals surface area contributed by atoms with E-state index in [1.807, 2.05) is 0 Å². The van der Waals surface area contributed by atoms with Gasteiger partial charge in [-0.1, -0.05) is 368 Å². The quantitative estimate of drug-likeness (QED) is 0.0594. The van der Waals surface area contributed by atoms with Crippen LogP contribution in [-0.4, -0.2) is 18.3 Å². The van der Waals surface area contributed by atoms with Crippen LogP contribution in [0.3, 0.4) is 0 Å². The van der Waals surface area contributed by atoms with Crippen LogP contribution in [0.1, 0.15) is 407 Å². The Bertz CT molecular complexity index is 1550. The van der Waals surface area contributed by atoms with Gasteiger partial charge in [0.15, 0.2) is 0 Å². The Morgan fingerprint density at radius 3 is 1.17 bits per heavy atom. The van der Waals surface area contributed by atoms with Gasteiger partial charge in [-0.2, -0.15) is 25.3 Å². The maximum Gasteiger partial charge on any atom is 0.109 e. The molecule has 0 aliphatic heterocycles. The molecule has 19 atom stereocenters. The highest BCUT2D eigenvalue weighted by Crippen LogP contribution is 2.62. The molecule has 512 valence electrons. The maximum absolute atomic E-state index is 6.91. The fourth-order valence-electron chi connectivity index (χ4n) is 21.9. The van der Waals surface area contributed by atoms with Crippen LogP contribution in [-0.2, 0) is 0 Å². The van der Waals surface area contributed by atoms with Gasteiger partial charge in [0.25, 0.3) is 0 Å². The monoisotopic (exact) mass is 1240 g/mol. The van der Waals surface area contributed by atoms with Crippen LogP contribution in [0.5, 0.6) is 0 Å². The van der Waals surface area contributed by atoms with Gasteiger partial charge in [0.2, 0.25) is 0 Å². The van der Waals surface area contributed by atoms with Gasteiger partial charge >= 0.3 is 0 Å². The largest absolute Gasteiger partial charge is 0.179 e. The Morgan fingerprint density at radius 1 is 0.395 bits per heavy atom. The van der Waals surface area contributed by atoms with Crippen molar-refractivity contribution in [1.29, 1.82) is 0 Å². The van der Waals surface area contributed by atoms with Crippen molar-refractivity contribution in [1.82, 2.24) is 0 Å². The van der Waals surface area contributed by atoms with E-state index in [2.05, 4.69) is 132 Å². The molecule has 0 aromatic carbocycles. The molecular formula is C83H165BS2. The first-order chi connectivity index (χ1) is 41.3. The van der Waals surface area contributed by atoms with E-state index in [0.29, 0.717) is 35.0 Å². The predicted octanol–water partition coefficient (Wildman–Crippen LogP) is 28.4. The second-order valence-electron chi connectivity index (χ2n) is 32.9. The van der Waals surface area contributed by atoms with E-state index >= 15 is 0 Å². The lowest BCUT2D eigenvalue weighted by Crippen LogP contribution is -2.52. The summed E-state index contributed by atoms with van der Waals surface area (Å²) in [5.41, 5.74) is 0.303. The summed E-state index contributed by atoms with van der Waals surface area (Å²) in [6.07, 6.45) is 61.3. The summed E-state index contributed by atoms with van der Waals surface area (Å²) >= 11 is 11.9. The number of thiol groups is 2. The van der Waals surface area contributed by atoms with Crippen molar-refractivity contribution in [2.45, 2.75) is 417 Å². The minimum absolute atomic E-state index is 0.0385. The Balaban J connectivity index is 3.39. The van der Waals surface area contributed by atoms with Gasteiger partial charge in [-0.3, -0.25) is 0 Å². The first-order valence-electron chi connectivity index (χ1n) is 40.7. The van der Waals surface area contributed by atoms with Crippen molar-refractivity contribution in [3.05, 3.63) is 0 Å². The third-order valence-electron chi connectivity index (χ3n) is 26.3. The molecule has 2 fully saturated rings. The third-order valence-corrected chi connectivity index (χ3v) is 27.4. The summed E-state index contributed by atoms with van der Waals surface area (Å²) in [5.74, 6) is 13.4. The van der Waals surface area contributed by atoms with Gasteiger partial charge in [-0.05, 0) is 157 Å². The Hall–Kier alpha value is 0.765. The molecule has 0 aromatic heterocycles. The van der Waals surface area contributed by atoms with E-state index in [1.165, 1.54) is 283 Å². The first kappa shape index (κ1) is 82.9. The molecule has 3 heteroatoms. The van der Waals surface area contributed by atoms with Crippen molar-refractivity contribution < 1.29 is 0 Å². The van der Waals surface area contributed by atoms with Gasteiger partial charge < -0.3 is 0 Å². The van der Waals surface area contributed by atoms with E-state index in [-0.39, 0.29) is 10.1 Å². The number of hydrogen-bond acceptors (Lipinski definition) is 2. The molecule has 0 amide bonds. The van der Waals surface area contributed by atoms with E-state index < -0.39 is 0 Å². The lowest BCUT2D eigenvalue weighted by Gasteiger charge is -2.57. The molecule has 0 spiro atoms. The lowest BCUT2D eigenvalue weighted by atomic mass is 9.45. The molecule has 0 radical (unpaired) electrons. The van der Waals surface area contributed by atoms with Crippen LogP contribution >= 0.6 is 25.3 Å². The summed E-state index contributed by atoms with van der Waals surface area (Å²) in [7, 11) is 2.90. The molecule has 2 saturated carbocycles. The van der Waals surface area contributed by atoms with Crippen molar-refractivity contribution in [2.75, 3.05) is 5.75 Å². The van der Waals surface area contributed by atoms with Gasteiger partial charge in [0, 0.05) is 4.75 Å². The van der Waals surface area contributed by atoms with Gasteiger partial charge in [-0.25, -0.2) is 0 Å². The summed E-state index contributed by atoms with van der Waals surface area (Å²) in [4.78, 5) is 0. The molecule has 2 aliphatic carbocycles. The minimum atomic E-state index is -0.0385. The second kappa shape index (κ2) is 46.8. The zero-order chi connectivity index (χ0) is 64.1. The lowest BCUT2D eigenvalue weighted by molar-refractivity contribution is -0.00679.